The molecule has 2 rings (SSSR count). The molecule has 0 heterocycles. The molecule has 0 fully saturated rings. The van der Waals surface area contributed by atoms with Crippen LogP contribution in [0.1, 0.15) is 16.7 Å². The second-order valence-electron chi connectivity index (χ2n) is 5.32. The van der Waals surface area contributed by atoms with Gasteiger partial charge < -0.3 is 15.8 Å². The summed E-state index contributed by atoms with van der Waals surface area (Å²) in [5.74, 6) is 0.898. The first kappa shape index (κ1) is 18.8. The number of rotatable bonds is 6. The number of nitrogens with two attached hydrogens (primary N) is 1. The fraction of sp³-hybridized carbons (Fsp3) is 0.278. The summed E-state index contributed by atoms with van der Waals surface area (Å²) >= 11 is 0. The maximum absolute atomic E-state index is 11.9. The number of benzene rings is 2. The van der Waals surface area contributed by atoms with E-state index in [1.54, 1.807) is 19.2 Å². The van der Waals surface area contributed by atoms with Crippen LogP contribution in [-0.4, -0.2) is 19.6 Å². The highest BCUT2D eigenvalue weighted by molar-refractivity contribution is 5.85. The summed E-state index contributed by atoms with van der Waals surface area (Å²) in [4.78, 5) is 11.9. The Morgan fingerprint density at radius 2 is 1.78 bits per heavy atom. The molecule has 124 valence electrons. The Morgan fingerprint density at radius 1 is 1.13 bits per heavy atom. The number of nitrogens with one attached hydrogen (secondary N) is 1. The third-order valence-electron chi connectivity index (χ3n) is 3.55. The van der Waals surface area contributed by atoms with Crippen molar-refractivity contribution in [2.24, 2.45) is 0 Å². The minimum atomic E-state index is 0. The van der Waals surface area contributed by atoms with E-state index in [1.807, 2.05) is 31.2 Å². The standard InChI is InChI=1S/C18H22N2O2.ClH/c1-13-3-4-15(11-17(13)22-2)9-10-20-18(21)12-14-5-7-16(19)8-6-14;/h3-8,11H,9-10,12,19H2,1-2H3,(H,20,21);1H. The van der Waals surface area contributed by atoms with E-state index in [-0.39, 0.29) is 18.3 Å². The van der Waals surface area contributed by atoms with Crippen LogP contribution in [0.5, 0.6) is 5.75 Å². The highest BCUT2D eigenvalue weighted by Gasteiger charge is 2.04. The van der Waals surface area contributed by atoms with E-state index < -0.39 is 0 Å². The molecule has 0 saturated heterocycles. The van der Waals surface area contributed by atoms with Gasteiger partial charge in [0, 0.05) is 12.2 Å². The first-order chi connectivity index (χ1) is 10.6. The van der Waals surface area contributed by atoms with E-state index in [2.05, 4.69) is 11.4 Å². The number of aryl methyl sites for hydroxylation is 1. The monoisotopic (exact) mass is 334 g/mol. The highest BCUT2D eigenvalue weighted by Crippen LogP contribution is 2.19. The Kier molecular flexibility index (Phi) is 7.42. The summed E-state index contributed by atoms with van der Waals surface area (Å²) < 4.78 is 5.30. The van der Waals surface area contributed by atoms with Crippen molar-refractivity contribution >= 4 is 24.0 Å². The van der Waals surface area contributed by atoms with Gasteiger partial charge in [-0.2, -0.15) is 0 Å². The molecule has 0 aromatic heterocycles. The number of nitrogen functional groups attached to an aromatic ring is 1. The Labute approximate surface area is 143 Å². The summed E-state index contributed by atoms with van der Waals surface area (Å²) in [6, 6.07) is 13.5. The predicted octanol–water partition coefficient (Wildman–Crippen LogP) is 2.91. The predicted molar refractivity (Wildman–Crippen MR) is 96.3 cm³/mol. The zero-order chi connectivity index (χ0) is 15.9. The number of halogens is 1. The van der Waals surface area contributed by atoms with Crippen LogP contribution in [0, 0.1) is 6.92 Å². The molecule has 1 amide bonds. The first-order valence-corrected chi connectivity index (χ1v) is 7.33. The van der Waals surface area contributed by atoms with E-state index in [0.29, 0.717) is 18.7 Å². The van der Waals surface area contributed by atoms with Crippen LogP contribution in [0.3, 0.4) is 0 Å². The van der Waals surface area contributed by atoms with Crippen LogP contribution < -0.4 is 15.8 Å². The number of anilines is 1. The van der Waals surface area contributed by atoms with Crippen molar-refractivity contribution in [2.75, 3.05) is 19.4 Å². The third kappa shape index (κ3) is 5.83. The molecule has 5 heteroatoms. The molecule has 0 aliphatic carbocycles. The van der Waals surface area contributed by atoms with Gasteiger partial charge in [0.15, 0.2) is 0 Å². The second-order valence-corrected chi connectivity index (χ2v) is 5.32. The molecule has 0 saturated carbocycles. The third-order valence-corrected chi connectivity index (χ3v) is 3.55. The van der Waals surface area contributed by atoms with Crippen LogP contribution in [0.15, 0.2) is 42.5 Å². The number of methoxy groups -OCH3 is 1. The summed E-state index contributed by atoms with van der Waals surface area (Å²) in [7, 11) is 1.67. The lowest BCUT2D eigenvalue weighted by Crippen LogP contribution is -2.27. The molecule has 0 aliphatic rings. The van der Waals surface area contributed by atoms with Gasteiger partial charge in [0.05, 0.1) is 13.5 Å². The fourth-order valence-corrected chi connectivity index (χ4v) is 2.25. The van der Waals surface area contributed by atoms with Crippen molar-refractivity contribution in [1.29, 1.82) is 0 Å². The van der Waals surface area contributed by atoms with E-state index in [9.17, 15) is 4.79 Å². The van der Waals surface area contributed by atoms with E-state index in [0.717, 1.165) is 28.9 Å². The zero-order valence-electron chi connectivity index (χ0n) is 13.5. The Hall–Kier alpha value is -2.20. The van der Waals surface area contributed by atoms with Crippen molar-refractivity contribution < 1.29 is 9.53 Å². The number of hydrogen-bond acceptors (Lipinski definition) is 3. The minimum absolute atomic E-state index is 0. The van der Waals surface area contributed by atoms with Gasteiger partial charge >= 0.3 is 0 Å². The fourth-order valence-electron chi connectivity index (χ4n) is 2.25. The lowest BCUT2D eigenvalue weighted by atomic mass is 10.1. The average Bonchev–Trinajstić information content (AvgIpc) is 2.51. The summed E-state index contributed by atoms with van der Waals surface area (Å²) in [6.45, 7) is 2.62. The molecule has 2 aromatic carbocycles. The zero-order valence-corrected chi connectivity index (χ0v) is 14.3. The van der Waals surface area contributed by atoms with Gasteiger partial charge in [-0.1, -0.05) is 24.3 Å². The van der Waals surface area contributed by atoms with Gasteiger partial charge in [-0.25, -0.2) is 0 Å². The molecule has 3 N–H and O–H groups in total. The molecular weight excluding hydrogens is 312 g/mol. The lowest BCUT2D eigenvalue weighted by molar-refractivity contribution is -0.120. The van der Waals surface area contributed by atoms with Crippen LogP contribution in [0.2, 0.25) is 0 Å². The molecular formula is C18H23ClN2O2. The molecule has 4 nitrogen and oxygen atoms in total. The Balaban J connectivity index is 0.00000264. The maximum Gasteiger partial charge on any atom is 0.224 e. The highest BCUT2D eigenvalue weighted by atomic mass is 35.5. The largest absolute Gasteiger partial charge is 0.496 e. The molecule has 0 unspecified atom stereocenters. The topological polar surface area (TPSA) is 64.3 Å². The van der Waals surface area contributed by atoms with Crippen LogP contribution in [-0.2, 0) is 17.6 Å². The molecule has 0 atom stereocenters. The smallest absolute Gasteiger partial charge is 0.224 e. The summed E-state index contributed by atoms with van der Waals surface area (Å²) in [6.07, 6.45) is 1.15. The van der Waals surface area contributed by atoms with Gasteiger partial charge in [0.25, 0.3) is 0 Å². The SMILES string of the molecule is COc1cc(CCNC(=O)Cc2ccc(N)cc2)ccc1C.Cl. The normalized spacial score (nSPS) is 9.83. The van der Waals surface area contributed by atoms with Gasteiger partial charge in [-0.3, -0.25) is 4.79 Å². The van der Waals surface area contributed by atoms with E-state index >= 15 is 0 Å². The van der Waals surface area contributed by atoms with Crippen LogP contribution >= 0.6 is 12.4 Å². The number of carbonyl (C=O) groups excluding carboxylic acids is 1. The van der Waals surface area contributed by atoms with Gasteiger partial charge in [-0.15, -0.1) is 12.4 Å². The maximum atomic E-state index is 11.9. The van der Waals surface area contributed by atoms with Gasteiger partial charge in [0.1, 0.15) is 5.75 Å². The molecule has 2 aromatic rings. The van der Waals surface area contributed by atoms with Gasteiger partial charge in [0.2, 0.25) is 5.91 Å². The van der Waals surface area contributed by atoms with Crippen LogP contribution in [0.25, 0.3) is 0 Å². The minimum Gasteiger partial charge on any atom is -0.496 e. The Morgan fingerprint density at radius 3 is 2.43 bits per heavy atom. The molecule has 0 spiro atoms. The number of amides is 1. The molecule has 23 heavy (non-hydrogen) atoms. The first-order valence-electron chi connectivity index (χ1n) is 7.33. The molecule has 0 aliphatic heterocycles. The molecule has 0 radical (unpaired) electrons. The van der Waals surface area contributed by atoms with Gasteiger partial charge in [-0.05, 0) is 48.2 Å². The Bertz CT molecular complexity index is 642. The van der Waals surface area contributed by atoms with Crippen molar-refractivity contribution in [3.8, 4) is 5.75 Å². The van der Waals surface area contributed by atoms with Crippen molar-refractivity contribution in [1.82, 2.24) is 5.32 Å². The average molecular weight is 335 g/mol. The quantitative estimate of drug-likeness (QED) is 0.798. The summed E-state index contributed by atoms with van der Waals surface area (Å²) in [5, 5.41) is 2.94. The van der Waals surface area contributed by atoms with Crippen molar-refractivity contribution in [3.05, 3.63) is 59.2 Å². The number of ether oxygens (including phenoxy) is 1. The van der Waals surface area contributed by atoms with Crippen LogP contribution in [0.4, 0.5) is 5.69 Å². The number of hydrogen-bond donors (Lipinski definition) is 2. The summed E-state index contributed by atoms with van der Waals surface area (Å²) in [5.41, 5.74) is 9.55. The molecule has 0 bridgehead atoms. The lowest BCUT2D eigenvalue weighted by Gasteiger charge is -2.09. The van der Waals surface area contributed by atoms with E-state index in [1.165, 1.54) is 0 Å². The number of carbonyl (C=O) groups is 1. The van der Waals surface area contributed by atoms with E-state index in [4.69, 9.17) is 10.5 Å². The van der Waals surface area contributed by atoms with Crippen molar-refractivity contribution in [3.63, 3.8) is 0 Å². The van der Waals surface area contributed by atoms with Crippen molar-refractivity contribution in [2.45, 2.75) is 19.8 Å². The second kappa shape index (κ2) is 9.06.